The molecule has 1 aromatic heterocycles. The highest BCUT2D eigenvalue weighted by molar-refractivity contribution is 7.18. The molecule has 0 aliphatic heterocycles. The second-order valence-corrected chi connectivity index (χ2v) is 6.13. The van der Waals surface area contributed by atoms with Crippen LogP contribution in [0.3, 0.4) is 0 Å². The number of rotatable bonds is 3. The molecule has 2 aromatic carbocycles. The summed E-state index contributed by atoms with van der Waals surface area (Å²) in [6.45, 7) is 4.04. The first-order chi connectivity index (χ1) is 11.1. The zero-order valence-electron chi connectivity index (χ0n) is 12.8. The van der Waals surface area contributed by atoms with Crippen molar-refractivity contribution in [2.24, 2.45) is 0 Å². The summed E-state index contributed by atoms with van der Waals surface area (Å²) in [6, 6.07) is 15.2. The van der Waals surface area contributed by atoms with Crippen LogP contribution in [0, 0.1) is 13.8 Å². The number of nitrogens with one attached hydrogen (secondary N) is 2. The SMILES string of the molecule is Cc1ccc(NC(=O)Nc2nnc(-c3ccccc3)s2)cc1C. The standard InChI is InChI=1S/C17H16N4OS/c1-11-8-9-14(10-12(11)2)18-16(22)19-17-21-20-15(23-17)13-6-4-3-5-7-13/h3-10H,1-2H3,(H2,18,19,21,22). The molecule has 0 saturated carbocycles. The summed E-state index contributed by atoms with van der Waals surface area (Å²) in [5, 5.41) is 14.8. The highest BCUT2D eigenvalue weighted by atomic mass is 32.1. The van der Waals surface area contributed by atoms with Crippen molar-refractivity contribution in [3.63, 3.8) is 0 Å². The molecule has 116 valence electrons. The summed E-state index contributed by atoms with van der Waals surface area (Å²) in [5.74, 6) is 0. The number of aryl methyl sites for hydroxylation is 2. The van der Waals surface area contributed by atoms with Crippen LogP contribution >= 0.6 is 11.3 Å². The molecule has 5 nitrogen and oxygen atoms in total. The topological polar surface area (TPSA) is 66.9 Å². The molecule has 0 fully saturated rings. The fourth-order valence-corrected chi connectivity index (χ4v) is 2.79. The third kappa shape index (κ3) is 3.73. The van der Waals surface area contributed by atoms with Crippen LogP contribution in [0.1, 0.15) is 11.1 Å². The van der Waals surface area contributed by atoms with Crippen molar-refractivity contribution in [2.45, 2.75) is 13.8 Å². The number of hydrogen-bond acceptors (Lipinski definition) is 4. The molecule has 23 heavy (non-hydrogen) atoms. The lowest BCUT2D eigenvalue weighted by Gasteiger charge is -2.07. The van der Waals surface area contributed by atoms with Gasteiger partial charge in [0.1, 0.15) is 5.01 Å². The lowest BCUT2D eigenvalue weighted by molar-refractivity contribution is 0.262. The fourth-order valence-electron chi connectivity index (χ4n) is 2.05. The van der Waals surface area contributed by atoms with Gasteiger partial charge in [0.05, 0.1) is 0 Å². The molecule has 0 saturated heterocycles. The summed E-state index contributed by atoms with van der Waals surface area (Å²) < 4.78 is 0. The van der Waals surface area contributed by atoms with Crippen LogP contribution in [0.2, 0.25) is 0 Å². The van der Waals surface area contributed by atoms with Crippen molar-refractivity contribution in [2.75, 3.05) is 10.6 Å². The van der Waals surface area contributed by atoms with Crippen LogP contribution in [0.25, 0.3) is 10.6 Å². The van der Waals surface area contributed by atoms with E-state index >= 15 is 0 Å². The van der Waals surface area contributed by atoms with E-state index in [2.05, 4.69) is 20.8 Å². The third-order valence-corrected chi connectivity index (χ3v) is 4.32. The Morgan fingerprint density at radius 2 is 1.74 bits per heavy atom. The van der Waals surface area contributed by atoms with Gasteiger partial charge in [0.15, 0.2) is 0 Å². The molecule has 0 spiro atoms. The van der Waals surface area contributed by atoms with Crippen LogP contribution in [-0.2, 0) is 0 Å². The predicted molar refractivity (Wildman–Crippen MR) is 93.9 cm³/mol. The number of amides is 2. The van der Waals surface area contributed by atoms with Crippen molar-refractivity contribution in [3.05, 3.63) is 59.7 Å². The Balaban J connectivity index is 1.66. The quantitative estimate of drug-likeness (QED) is 0.747. The third-order valence-electron chi connectivity index (χ3n) is 3.43. The van der Waals surface area contributed by atoms with Gasteiger partial charge < -0.3 is 5.32 Å². The smallest absolute Gasteiger partial charge is 0.308 e. The molecule has 3 aromatic rings. The van der Waals surface area contributed by atoms with Gasteiger partial charge in [-0.05, 0) is 37.1 Å². The molecule has 1 heterocycles. The lowest BCUT2D eigenvalue weighted by atomic mass is 10.1. The van der Waals surface area contributed by atoms with Gasteiger partial charge in [-0.1, -0.05) is 47.7 Å². The molecule has 0 bridgehead atoms. The molecule has 3 rings (SSSR count). The van der Waals surface area contributed by atoms with Gasteiger partial charge in [0, 0.05) is 11.3 Å². The first-order valence-electron chi connectivity index (χ1n) is 7.16. The Kier molecular flexibility index (Phi) is 4.34. The average Bonchev–Trinajstić information content (AvgIpc) is 3.00. The maximum atomic E-state index is 12.0. The van der Waals surface area contributed by atoms with Crippen molar-refractivity contribution in [3.8, 4) is 10.6 Å². The van der Waals surface area contributed by atoms with Gasteiger partial charge in [-0.2, -0.15) is 0 Å². The summed E-state index contributed by atoms with van der Waals surface area (Å²) in [5.41, 5.74) is 4.05. The highest BCUT2D eigenvalue weighted by Crippen LogP contribution is 2.26. The first-order valence-corrected chi connectivity index (χ1v) is 7.97. The summed E-state index contributed by atoms with van der Waals surface area (Å²) in [4.78, 5) is 12.0. The largest absolute Gasteiger partial charge is 0.325 e. The number of carbonyl (C=O) groups is 1. The van der Waals surface area contributed by atoms with Crippen LogP contribution in [0.15, 0.2) is 48.5 Å². The molecule has 0 aliphatic rings. The Hall–Kier alpha value is -2.73. The van der Waals surface area contributed by atoms with E-state index in [1.807, 2.05) is 62.4 Å². The Morgan fingerprint density at radius 3 is 2.48 bits per heavy atom. The van der Waals surface area contributed by atoms with E-state index in [4.69, 9.17) is 0 Å². The van der Waals surface area contributed by atoms with Crippen molar-refractivity contribution < 1.29 is 4.79 Å². The van der Waals surface area contributed by atoms with Crippen molar-refractivity contribution in [1.82, 2.24) is 10.2 Å². The van der Waals surface area contributed by atoms with Crippen molar-refractivity contribution in [1.29, 1.82) is 0 Å². The molecule has 6 heteroatoms. The number of aromatic nitrogens is 2. The summed E-state index contributed by atoms with van der Waals surface area (Å²) >= 11 is 1.34. The van der Waals surface area contributed by atoms with Crippen LogP contribution in [0.4, 0.5) is 15.6 Å². The van der Waals surface area contributed by atoms with E-state index in [1.54, 1.807) is 0 Å². The number of hydrogen-bond donors (Lipinski definition) is 2. The molecular formula is C17H16N4OS. The maximum absolute atomic E-state index is 12.0. The number of anilines is 2. The van der Waals surface area contributed by atoms with Gasteiger partial charge >= 0.3 is 6.03 Å². The van der Waals surface area contributed by atoms with Gasteiger partial charge in [-0.3, -0.25) is 5.32 Å². The van der Waals surface area contributed by atoms with Crippen molar-refractivity contribution >= 4 is 28.2 Å². The number of carbonyl (C=O) groups excluding carboxylic acids is 1. The highest BCUT2D eigenvalue weighted by Gasteiger charge is 2.09. The number of benzene rings is 2. The van der Waals surface area contributed by atoms with Crippen LogP contribution in [0.5, 0.6) is 0 Å². The predicted octanol–water partition coefficient (Wildman–Crippen LogP) is 4.47. The van der Waals surface area contributed by atoms with Gasteiger partial charge in [-0.15, -0.1) is 10.2 Å². The molecule has 2 amide bonds. The second-order valence-electron chi connectivity index (χ2n) is 5.16. The normalized spacial score (nSPS) is 10.3. The second kappa shape index (κ2) is 6.58. The molecular weight excluding hydrogens is 308 g/mol. The van der Waals surface area contributed by atoms with E-state index in [0.717, 1.165) is 21.8 Å². The average molecular weight is 324 g/mol. The number of urea groups is 1. The Morgan fingerprint density at radius 1 is 0.957 bits per heavy atom. The summed E-state index contributed by atoms with van der Waals surface area (Å²) in [6.07, 6.45) is 0. The minimum atomic E-state index is -0.330. The van der Waals surface area contributed by atoms with E-state index in [9.17, 15) is 4.79 Å². The van der Waals surface area contributed by atoms with E-state index < -0.39 is 0 Å². The van der Waals surface area contributed by atoms with E-state index in [0.29, 0.717) is 5.13 Å². The molecule has 0 radical (unpaired) electrons. The van der Waals surface area contributed by atoms with Gasteiger partial charge in [0.2, 0.25) is 5.13 Å². The van der Waals surface area contributed by atoms with Crippen LogP contribution < -0.4 is 10.6 Å². The zero-order chi connectivity index (χ0) is 16.2. The maximum Gasteiger partial charge on any atom is 0.325 e. The first kappa shape index (κ1) is 15.2. The molecule has 0 aliphatic carbocycles. The van der Waals surface area contributed by atoms with Gasteiger partial charge in [-0.25, -0.2) is 4.79 Å². The Bertz CT molecular complexity index is 830. The van der Waals surface area contributed by atoms with E-state index in [-0.39, 0.29) is 6.03 Å². The molecule has 0 unspecified atom stereocenters. The fraction of sp³-hybridized carbons (Fsp3) is 0.118. The van der Waals surface area contributed by atoms with Crippen LogP contribution in [-0.4, -0.2) is 16.2 Å². The zero-order valence-corrected chi connectivity index (χ0v) is 13.6. The number of nitrogens with zero attached hydrogens (tertiary/aromatic N) is 2. The Labute approximate surface area is 138 Å². The molecule has 0 atom stereocenters. The molecule has 2 N–H and O–H groups in total. The summed E-state index contributed by atoms with van der Waals surface area (Å²) in [7, 11) is 0. The van der Waals surface area contributed by atoms with Gasteiger partial charge in [0.25, 0.3) is 0 Å². The minimum Gasteiger partial charge on any atom is -0.308 e. The lowest BCUT2D eigenvalue weighted by Crippen LogP contribution is -2.19. The van der Waals surface area contributed by atoms with E-state index in [1.165, 1.54) is 16.9 Å². The minimum absolute atomic E-state index is 0.330. The monoisotopic (exact) mass is 324 g/mol.